The van der Waals surface area contributed by atoms with Crippen molar-refractivity contribution in [1.29, 1.82) is 0 Å². The molecular weight excluding hydrogens is 376 g/mol. The smallest absolute Gasteiger partial charge is 0.306 e. The van der Waals surface area contributed by atoms with Gasteiger partial charge < -0.3 is 9.47 Å². The van der Waals surface area contributed by atoms with Crippen LogP contribution in [0.5, 0.6) is 0 Å². The van der Waals surface area contributed by atoms with Gasteiger partial charge in [0.1, 0.15) is 0 Å². The molecule has 4 aliphatic rings. The number of carbonyl (C=O) groups excluding carboxylic acids is 2. The Morgan fingerprint density at radius 2 is 1.43 bits per heavy atom. The van der Waals surface area contributed by atoms with E-state index in [-0.39, 0.29) is 30.9 Å². The summed E-state index contributed by atoms with van der Waals surface area (Å²) in [6.07, 6.45) is 18.0. The van der Waals surface area contributed by atoms with Crippen LogP contribution in [0.1, 0.15) is 117 Å². The van der Waals surface area contributed by atoms with Gasteiger partial charge in [-0.05, 0) is 87.9 Å². The molecule has 172 valence electrons. The molecule has 30 heavy (non-hydrogen) atoms. The molecule has 0 aromatic carbocycles. The van der Waals surface area contributed by atoms with Gasteiger partial charge in [0.25, 0.3) is 0 Å². The van der Waals surface area contributed by atoms with E-state index < -0.39 is 0 Å². The molecule has 4 fully saturated rings. The number of unbranched alkanes of at least 4 members (excludes halogenated alkanes) is 5. The van der Waals surface area contributed by atoms with Crippen molar-refractivity contribution in [3.05, 3.63) is 0 Å². The van der Waals surface area contributed by atoms with Crippen LogP contribution in [0.4, 0.5) is 0 Å². The van der Waals surface area contributed by atoms with Crippen LogP contribution in [-0.2, 0) is 19.1 Å². The second-order valence-corrected chi connectivity index (χ2v) is 10.7. The number of ether oxygens (including phenoxy) is 2. The zero-order valence-electron chi connectivity index (χ0n) is 19.5. The minimum atomic E-state index is -0.272. The average Bonchev–Trinajstić information content (AvgIpc) is 2.68. The minimum Gasteiger partial charge on any atom is -0.466 e. The number of carbonyl (C=O) groups is 2. The molecule has 0 aromatic heterocycles. The van der Waals surface area contributed by atoms with Crippen molar-refractivity contribution >= 4 is 11.9 Å². The fourth-order valence-electron chi connectivity index (χ4n) is 6.81. The Bertz CT molecular complexity index is 520. The third kappa shape index (κ3) is 7.27. The lowest BCUT2D eigenvalue weighted by molar-refractivity contribution is -0.154. The molecule has 0 amide bonds. The van der Waals surface area contributed by atoms with Crippen LogP contribution in [0.15, 0.2) is 0 Å². The average molecular weight is 421 g/mol. The first-order valence-corrected chi connectivity index (χ1v) is 12.8. The normalized spacial score (nSPS) is 30.3. The molecule has 4 bridgehead atoms. The van der Waals surface area contributed by atoms with Crippen LogP contribution in [0.25, 0.3) is 0 Å². The van der Waals surface area contributed by atoms with Crippen molar-refractivity contribution in [3.63, 3.8) is 0 Å². The van der Waals surface area contributed by atoms with E-state index >= 15 is 0 Å². The first-order valence-electron chi connectivity index (χ1n) is 12.8. The van der Waals surface area contributed by atoms with Crippen LogP contribution in [-0.4, -0.2) is 24.6 Å². The summed E-state index contributed by atoms with van der Waals surface area (Å²) in [5.41, 5.74) is 0.444. The van der Waals surface area contributed by atoms with Gasteiger partial charge in [0.15, 0.2) is 0 Å². The highest BCUT2D eigenvalue weighted by Crippen LogP contribution is 2.61. The SMILES string of the molecule is CCCCCCCCC(C)OC(=O)CCC(=O)OCCC12CC3CC(CC(C3)C1)C2. The van der Waals surface area contributed by atoms with Crippen molar-refractivity contribution in [1.82, 2.24) is 0 Å². The Morgan fingerprint density at radius 1 is 0.867 bits per heavy atom. The second-order valence-electron chi connectivity index (χ2n) is 10.7. The first-order chi connectivity index (χ1) is 14.5. The van der Waals surface area contributed by atoms with Crippen LogP contribution in [0.3, 0.4) is 0 Å². The van der Waals surface area contributed by atoms with Crippen molar-refractivity contribution in [2.24, 2.45) is 23.2 Å². The fraction of sp³-hybridized carbons (Fsp3) is 0.923. The molecule has 4 saturated carbocycles. The summed E-state index contributed by atoms with van der Waals surface area (Å²) >= 11 is 0. The summed E-state index contributed by atoms with van der Waals surface area (Å²) in [6, 6.07) is 0. The Hall–Kier alpha value is -1.06. The molecule has 0 aromatic rings. The largest absolute Gasteiger partial charge is 0.466 e. The molecule has 0 radical (unpaired) electrons. The van der Waals surface area contributed by atoms with Crippen LogP contribution >= 0.6 is 0 Å². The van der Waals surface area contributed by atoms with Gasteiger partial charge in [-0.25, -0.2) is 0 Å². The molecule has 0 spiro atoms. The van der Waals surface area contributed by atoms with Gasteiger partial charge in [-0.3, -0.25) is 9.59 Å². The van der Waals surface area contributed by atoms with Crippen molar-refractivity contribution in [2.75, 3.05) is 6.61 Å². The molecule has 1 atom stereocenters. The van der Waals surface area contributed by atoms with E-state index in [4.69, 9.17) is 9.47 Å². The summed E-state index contributed by atoms with van der Waals surface area (Å²) in [6.45, 7) is 4.70. The Balaban J connectivity index is 1.22. The summed E-state index contributed by atoms with van der Waals surface area (Å²) in [5.74, 6) is 2.27. The highest BCUT2D eigenvalue weighted by atomic mass is 16.5. The zero-order chi connectivity index (χ0) is 21.4. The van der Waals surface area contributed by atoms with Gasteiger partial charge in [0.05, 0.1) is 25.6 Å². The van der Waals surface area contributed by atoms with Gasteiger partial charge in [-0.15, -0.1) is 0 Å². The summed E-state index contributed by atoms with van der Waals surface area (Å²) in [7, 11) is 0. The molecule has 0 saturated heterocycles. The number of hydrogen-bond donors (Lipinski definition) is 0. The standard InChI is InChI=1S/C26H44O4/c1-3-4-5-6-7-8-9-20(2)30-25(28)11-10-24(27)29-13-12-26-17-21-14-22(18-26)16-23(15-21)19-26/h20-23H,3-19H2,1-2H3. The lowest BCUT2D eigenvalue weighted by Gasteiger charge is -2.57. The molecule has 4 aliphatic carbocycles. The molecule has 0 aliphatic heterocycles. The number of hydrogen-bond acceptors (Lipinski definition) is 4. The highest BCUT2D eigenvalue weighted by Gasteiger charge is 2.50. The lowest BCUT2D eigenvalue weighted by Crippen LogP contribution is -2.46. The Labute approximate surface area is 183 Å². The van der Waals surface area contributed by atoms with Gasteiger partial charge in [-0.1, -0.05) is 39.0 Å². The zero-order valence-corrected chi connectivity index (χ0v) is 19.5. The molecule has 4 heteroatoms. The maximum absolute atomic E-state index is 12.1. The predicted octanol–water partition coefficient (Wildman–Crippen LogP) is 6.60. The quantitative estimate of drug-likeness (QED) is 0.235. The summed E-state index contributed by atoms with van der Waals surface area (Å²) < 4.78 is 11.0. The monoisotopic (exact) mass is 420 g/mol. The fourth-order valence-corrected chi connectivity index (χ4v) is 6.81. The van der Waals surface area contributed by atoms with Crippen LogP contribution in [0.2, 0.25) is 0 Å². The number of rotatable bonds is 14. The second kappa shape index (κ2) is 11.5. The molecule has 1 unspecified atom stereocenters. The van der Waals surface area contributed by atoms with Gasteiger partial charge in [0.2, 0.25) is 0 Å². The Morgan fingerprint density at radius 3 is 2.07 bits per heavy atom. The van der Waals surface area contributed by atoms with Gasteiger partial charge >= 0.3 is 11.9 Å². The minimum absolute atomic E-state index is 0.0595. The summed E-state index contributed by atoms with van der Waals surface area (Å²) in [5, 5.41) is 0. The first kappa shape index (κ1) is 23.6. The molecule has 0 heterocycles. The van der Waals surface area contributed by atoms with E-state index in [0.717, 1.165) is 37.0 Å². The van der Waals surface area contributed by atoms with Crippen LogP contribution in [0, 0.1) is 23.2 Å². The van der Waals surface area contributed by atoms with Gasteiger partial charge in [-0.2, -0.15) is 0 Å². The van der Waals surface area contributed by atoms with E-state index in [1.54, 1.807) is 0 Å². The molecule has 0 N–H and O–H groups in total. The van der Waals surface area contributed by atoms with Crippen LogP contribution < -0.4 is 0 Å². The van der Waals surface area contributed by atoms with E-state index in [1.807, 2.05) is 6.92 Å². The molecular formula is C26H44O4. The highest BCUT2D eigenvalue weighted by molar-refractivity contribution is 5.77. The predicted molar refractivity (Wildman–Crippen MR) is 119 cm³/mol. The van der Waals surface area contributed by atoms with E-state index in [1.165, 1.54) is 70.6 Å². The number of esters is 2. The third-order valence-electron chi connectivity index (χ3n) is 7.89. The maximum Gasteiger partial charge on any atom is 0.306 e. The van der Waals surface area contributed by atoms with E-state index in [9.17, 15) is 9.59 Å². The van der Waals surface area contributed by atoms with E-state index in [2.05, 4.69) is 6.92 Å². The summed E-state index contributed by atoms with van der Waals surface area (Å²) in [4.78, 5) is 24.1. The molecule has 4 nitrogen and oxygen atoms in total. The topological polar surface area (TPSA) is 52.6 Å². The third-order valence-corrected chi connectivity index (χ3v) is 7.89. The van der Waals surface area contributed by atoms with E-state index in [0.29, 0.717) is 12.0 Å². The Kier molecular flexibility index (Phi) is 9.07. The maximum atomic E-state index is 12.1. The van der Waals surface area contributed by atoms with Crippen molar-refractivity contribution in [2.45, 2.75) is 123 Å². The van der Waals surface area contributed by atoms with Crippen molar-refractivity contribution in [3.8, 4) is 0 Å². The van der Waals surface area contributed by atoms with Gasteiger partial charge in [0, 0.05) is 0 Å². The lowest BCUT2D eigenvalue weighted by atomic mass is 9.49. The van der Waals surface area contributed by atoms with Crippen molar-refractivity contribution < 1.29 is 19.1 Å². The molecule has 4 rings (SSSR count).